The Morgan fingerprint density at radius 2 is 2.20 bits per heavy atom. The Bertz CT molecular complexity index is 89.8. The molecule has 58 valence electrons. The number of hydrogen-bond donors (Lipinski definition) is 0. The van der Waals surface area contributed by atoms with Gasteiger partial charge in [0.25, 0.3) is 0 Å². The van der Waals surface area contributed by atoms with Crippen LogP contribution >= 0.6 is 0 Å². The van der Waals surface area contributed by atoms with E-state index in [-0.39, 0.29) is 0 Å². The molecule has 0 N–H and O–H groups in total. The van der Waals surface area contributed by atoms with Crippen molar-refractivity contribution in [2.45, 2.75) is 25.3 Å². The molecule has 2 heterocycles. The molecule has 1 atom stereocenters. The van der Waals surface area contributed by atoms with Gasteiger partial charge >= 0.3 is 0 Å². The van der Waals surface area contributed by atoms with Crippen molar-refractivity contribution in [2.75, 3.05) is 26.3 Å². The first-order chi connectivity index (χ1) is 4.97. The molecule has 2 aliphatic heterocycles. The molecule has 2 rings (SSSR count). The number of ether oxygens (including phenoxy) is 1. The molecule has 2 nitrogen and oxygen atoms in total. The summed E-state index contributed by atoms with van der Waals surface area (Å²) in [5.74, 6) is 0. The highest BCUT2D eigenvalue weighted by molar-refractivity contribution is 4.78. The van der Waals surface area contributed by atoms with E-state index in [1.807, 2.05) is 0 Å². The third kappa shape index (κ3) is 1.18. The van der Waals surface area contributed by atoms with Gasteiger partial charge in [-0.2, -0.15) is 0 Å². The van der Waals surface area contributed by atoms with Gasteiger partial charge in [0.05, 0.1) is 13.2 Å². The van der Waals surface area contributed by atoms with Crippen LogP contribution < -0.4 is 0 Å². The van der Waals surface area contributed by atoms with Crippen LogP contribution in [0.3, 0.4) is 0 Å². The molecule has 2 heteroatoms. The van der Waals surface area contributed by atoms with Gasteiger partial charge < -0.3 is 4.74 Å². The second kappa shape index (κ2) is 2.89. The molecule has 0 aromatic carbocycles. The third-order valence-electron chi connectivity index (χ3n) is 2.58. The van der Waals surface area contributed by atoms with Gasteiger partial charge in [-0.1, -0.05) is 6.42 Å². The smallest absolute Gasteiger partial charge is 0.0622 e. The molecule has 2 fully saturated rings. The monoisotopic (exact) mass is 141 g/mol. The highest BCUT2D eigenvalue weighted by Gasteiger charge is 2.24. The number of nitrogens with zero attached hydrogens (tertiary/aromatic N) is 1. The molecule has 0 spiro atoms. The molecule has 2 saturated heterocycles. The Morgan fingerprint density at radius 1 is 1.20 bits per heavy atom. The van der Waals surface area contributed by atoms with E-state index in [1.165, 1.54) is 32.4 Å². The average molecular weight is 141 g/mol. The van der Waals surface area contributed by atoms with E-state index in [0.717, 1.165) is 19.3 Å². The lowest BCUT2D eigenvalue weighted by atomic mass is 10.0. The lowest BCUT2D eigenvalue weighted by molar-refractivity contribution is -0.0231. The molecule has 2 aliphatic rings. The number of fused-ring (bicyclic) bond motifs is 1. The zero-order chi connectivity index (χ0) is 6.81. The standard InChI is InChI=1S/C8H15NO/c1-2-4-9-5-6-10-7-8(9)3-1/h8H,1-7H2/t8-/m0/s1. The summed E-state index contributed by atoms with van der Waals surface area (Å²) in [5.41, 5.74) is 0. The molecule has 0 aromatic heterocycles. The Balaban J connectivity index is 1.93. The first-order valence-corrected chi connectivity index (χ1v) is 4.28. The molecular formula is C8H15NO. The minimum absolute atomic E-state index is 0.766. The van der Waals surface area contributed by atoms with Crippen molar-refractivity contribution in [1.82, 2.24) is 4.90 Å². The van der Waals surface area contributed by atoms with Gasteiger partial charge in [0, 0.05) is 12.6 Å². The van der Waals surface area contributed by atoms with Crippen molar-refractivity contribution in [1.29, 1.82) is 0 Å². The van der Waals surface area contributed by atoms with Crippen molar-refractivity contribution in [3.8, 4) is 0 Å². The van der Waals surface area contributed by atoms with Crippen LogP contribution in [-0.2, 0) is 4.74 Å². The summed E-state index contributed by atoms with van der Waals surface area (Å²) < 4.78 is 5.40. The lowest BCUT2D eigenvalue weighted by Gasteiger charge is -2.38. The van der Waals surface area contributed by atoms with Gasteiger partial charge in [-0.05, 0) is 19.4 Å². The van der Waals surface area contributed by atoms with E-state index in [2.05, 4.69) is 4.90 Å². The minimum atomic E-state index is 0.766. The van der Waals surface area contributed by atoms with Crippen molar-refractivity contribution in [3.05, 3.63) is 0 Å². The maximum absolute atomic E-state index is 5.40. The van der Waals surface area contributed by atoms with E-state index in [0.29, 0.717) is 0 Å². The summed E-state index contributed by atoms with van der Waals surface area (Å²) in [6.07, 6.45) is 4.17. The van der Waals surface area contributed by atoms with Crippen LogP contribution in [0.2, 0.25) is 0 Å². The predicted octanol–water partition coefficient (Wildman–Crippen LogP) is 0.871. The number of piperidine rings is 1. The van der Waals surface area contributed by atoms with E-state index in [1.54, 1.807) is 0 Å². The molecule has 0 aromatic rings. The summed E-state index contributed by atoms with van der Waals surface area (Å²) in [4.78, 5) is 2.58. The first-order valence-electron chi connectivity index (χ1n) is 4.28. The van der Waals surface area contributed by atoms with Crippen molar-refractivity contribution >= 4 is 0 Å². The van der Waals surface area contributed by atoms with Gasteiger partial charge in [-0.15, -0.1) is 0 Å². The highest BCUT2D eigenvalue weighted by atomic mass is 16.5. The predicted molar refractivity (Wildman–Crippen MR) is 40.0 cm³/mol. The zero-order valence-electron chi connectivity index (χ0n) is 6.38. The van der Waals surface area contributed by atoms with Gasteiger partial charge in [0.15, 0.2) is 0 Å². The summed E-state index contributed by atoms with van der Waals surface area (Å²) in [6.45, 7) is 4.43. The quantitative estimate of drug-likeness (QED) is 0.496. The van der Waals surface area contributed by atoms with Crippen molar-refractivity contribution in [3.63, 3.8) is 0 Å². The molecule has 0 radical (unpaired) electrons. The largest absolute Gasteiger partial charge is 0.378 e. The Kier molecular flexibility index (Phi) is 1.91. The van der Waals surface area contributed by atoms with Crippen LogP contribution in [0.4, 0.5) is 0 Å². The van der Waals surface area contributed by atoms with Crippen LogP contribution in [0.1, 0.15) is 19.3 Å². The number of morpholine rings is 1. The summed E-state index contributed by atoms with van der Waals surface area (Å²) in [5, 5.41) is 0. The molecule has 0 amide bonds. The second-order valence-corrected chi connectivity index (χ2v) is 3.26. The van der Waals surface area contributed by atoms with Gasteiger partial charge in [-0.3, -0.25) is 4.90 Å². The fourth-order valence-electron chi connectivity index (χ4n) is 1.94. The van der Waals surface area contributed by atoms with Crippen LogP contribution in [0.5, 0.6) is 0 Å². The summed E-state index contributed by atoms with van der Waals surface area (Å²) in [7, 11) is 0. The van der Waals surface area contributed by atoms with Crippen LogP contribution in [-0.4, -0.2) is 37.2 Å². The second-order valence-electron chi connectivity index (χ2n) is 3.26. The van der Waals surface area contributed by atoms with Crippen molar-refractivity contribution in [2.24, 2.45) is 0 Å². The minimum Gasteiger partial charge on any atom is -0.378 e. The van der Waals surface area contributed by atoms with Crippen molar-refractivity contribution < 1.29 is 4.74 Å². The number of rotatable bonds is 0. The Morgan fingerprint density at radius 3 is 3.10 bits per heavy atom. The zero-order valence-corrected chi connectivity index (χ0v) is 6.38. The van der Waals surface area contributed by atoms with Gasteiger partial charge in [-0.25, -0.2) is 0 Å². The lowest BCUT2D eigenvalue weighted by Crippen LogP contribution is -2.47. The van der Waals surface area contributed by atoms with E-state index in [4.69, 9.17) is 4.74 Å². The van der Waals surface area contributed by atoms with E-state index < -0.39 is 0 Å². The SMILES string of the molecule is C1CCN2CCOC[C@@H]2C1. The summed E-state index contributed by atoms with van der Waals surface area (Å²) >= 11 is 0. The fourth-order valence-corrected chi connectivity index (χ4v) is 1.94. The van der Waals surface area contributed by atoms with Crippen LogP contribution in [0.15, 0.2) is 0 Å². The summed E-state index contributed by atoms with van der Waals surface area (Å²) in [6, 6.07) is 0.766. The molecule has 0 aliphatic carbocycles. The molecular weight excluding hydrogens is 126 g/mol. The number of hydrogen-bond acceptors (Lipinski definition) is 2. The molecule has 0 saturated carbocycles. The molecule has 10 heavy (non-hydrogen) atoms. The molecule has 0 bridgehead atoms. The molecule has 0 unspecified atom stereocenters. The Hall–Kier alpha value is -0.0800. The third-order valence-corrected chi connectivity index (χ3v) is 2.58. The Labute approximate surface area is 62.2 Å². The fraction of sp³-hybridized carbons (Fsp3) is 1.00. The van der Waals surface area contributed by atoms with Crippen LogP contribution in [0, 0.1) is 0 Å². The normalized spacial score (nSPS) is 35.4. The van der Waals surface area contributed by atoms with Crippen LogP contribution in [0.25, 0.3) is 0 Å². The highest BCUT2D eigenvalue weighted by Crippen LogP contribution is 2.18. The van der Waals surface area contributed by atoms with Gasteiger partial charge in [0.1, 0.15) is 0 Å². The topological polar surface area (TPSA) is 12.5 Å². The maximum atomic E-state index is 5.40. The average Bonchev–Trinajstić information content (AvgIpc) is 2.05. The van der Waals surface area contributed by atoms with Gasteiger partial charge in [0.2, 0.25) is 0 Å². The van der Waals surface area contributed by atoms with E-state index in [9.17, 15) is 0 Å². The maximum Gasteiger partial charge on any atom is 0.0622 e. The first kappa shape index (κ1) is 6.62. The van der Waals surface area contributed by atoms with E-state index >= 15 is 0 Å².